The zero-order chi connectivity index (χ0) is 15.9. The number of aryl methyl sites for hydroxylation is 1. The fourth-order valence-corrected chi connectivity index (χ4v) is 2.13. The molecule has 0 aliphatic carbocycles. The van der Waals surface area contributed by atoms with Gasteiger partial charge in [0.2, 0.25) is 5.91 Å². The van der Waals surface area contributed by atoms with Gasteiger partial charge in [0.1, 0.15) is 5.75 Å². The number of benzene rings is 2. The van der Waals surface area contributed by atoms with Gasteiger partial charge in [-0.3, -0.25) is 4.79 Å². The number of halogens is 1. The van der Waals surface area contributed by atoms with Crippen LogP contribution in [0.25, 0.3) is 0 Å². The van der Waals surface area contributed by atoms with E-state index >= 15 is 0 Å². The third kappa shape index (κ3) is 4.67. The van der Waals surface area contributed by atoms with Gasteiger partial charge in [-0.1, -0.05) is 29.8 Å². The van der Waals surface area contributed by atoms with Crippen molar-refractivity contribution in [1.29, 1.82) is 0 Å². The molecule has 2 aromatic carbocycles. The van der Waals surface area contributed by atoms with Gasteiger partial charge >= 0.3 is 0 Å². The first kappa shape index (κ1) is 16.2. The average Bonchev–Trinajstić information content (AvgIpc) is 2.52. The second-order valence-corrected chi connectivity index (χ2v) is 5.40. The highest BCUT2D eigenvalue weighted by atomic mass is 35.5. The topological polar surface area (TPSA) is 50.4 Å². The van der Waals surface area contributed by atoms with E-state index in [0.29, 0.717) is 11.6 Å². The molecule has 0 aliphatic rings. The molecule has 0 atom stereocenters. The van der Waals surface area contributed by atoms with Crippen LogP contribution in [0.1, 0.15) is 11.1 Å². The van der Waals surface area contributed by atoms with Crippen molar-refractivity contribution < 1.29 is 9.53 Å². The lowest BCUT2D eigenvalue weighted by Gasteiger charge is -2.12. The summed E-state index contributed by atoms with van der Waals surface area (Å²) < 4.78 is 5.27. The van der Waals surface area contributed by atoms with Crippen molar-refractivity contribution in [2.75, 3.05) is 19.0 Å². The Balaban J connectivity index is 1.85. The second-order valence-electron chi connectivity index (χ2n) is 4.96. The van der Waals surface area contributed by atoms with E-state index in [1.807, 2.05) is 37.3 Å². The van der Waals surface area contributed by atoms with Crippen molar-refractivity contribution in [1.82, 2.24) is 5.32 Å². The van der Waals surface area contributed by atoms with Crippen molar-refractivity contribution in [2.45, 2.75) is 13.5 Å². The highest BCUT2D eigenvalue weighted by Crippen LogP contribution is 2.24. The molecule has 2 rings (SSSR count). The lowest BCUT2D eigenvalue weighted by Crippen LogP contribution is -2.29. The summed E-state index contributed by atoms with van der Waals surface area (Å²) in [7, 11) is 1.61. The van der Waals surface area contributed by atoms with Crippen LogP contribution in [0, 0.1) is 6.92 Å². The number of anilines is 1. The summed E-state index contributed by atoms with van der Waals surface area (Å²) in [6.07, 6.45) is 0. The van der Waals surface area contributed by atoms with Gasteiger partial charge in [0, 0.05) is 11.6 Å². The van der Waals surface area contributed by atoms with Gasteiger partial charge in [0.15, 0.2) is 0 Å². The van der Waals surface area contributed by atoms with Crippen molar-refractivity contribution >= 4 is 23.2 Å². The van der Waals surface area contributed by atoms with Crippen LogP contribution >= 0.6 is 11.6 Å². The zero-order valence-corrected chi connectivity index (χ0v) is 13.4. The van der Waals surface area contributed by atoms with Crippen molar-refractivity contribution in [3.05, 3.63) is 58.6 Å². The maximum Gasteiger partial charge on any atom is 0.239 e. The number of ether oxygens (including phenoxy) is 1. The summed E-state index contributed by atoms with van der Waals surface area (Å²) in [5.74, 6) is 0.634. The zero-order valence-electron chi connectivity index (χ0n) is 12.7. The molecule has 0 spiro atoms. The van der Waals surface area contributed by atoms with E-state index in [1.54, 1.807) is 19.2 Å². The second kappa shape index (κ2) is 7.71. The summed E-state index contributed by atoms with van der Waals surface area (Å²) in [5, 5.41) is 6.63. The fourth-order valence-electron chi connectivity index (χ4n) is 2.00. The fraction of sp³-hybridized carbons (Fsp3) is 0.235. The summed E-state index contributed by atoms with van der Waals surface area (Å²) in [5.41, 5.74) is 2.92. The predicted molar refractivity (Wildman–Crippen MR) is 89.5 cm³/mol. The van der Waals surface area contributed by atoms with Crippen molar-refractivity contribution in [2.24, 2.45) is 0 Å². The van der Waals surface area contributed by atoms with Crippen LogP contribution in [0.15, 0.2) is 42.5 Å². The number of rotatable bonds is 6. The van der Waals surface area contributed by atoms with Gasteiger partial charge in [-0.2, -0.15) is 0 Å². The molecule has 0 radical (unpaired) electrons. The van der Waals surface area contributed by atoms with E-state index in [0.717, 1.165) is 22.6 Å². The van der Waals surface area contributed by atoms with Gasteiger partial charge < -0.3 is 15.4 Å². The molecule has 0 heterocycles. The number of carbonyl (C=O) groups is 1. The molecule has 0 unspecified atom stereocenters. The van der Waals surface area contributed by atoms with Gasteiger partial charge in [-0.25, -0.2) is 0 Å². The number of hydrogen-bond acceptors (Lipinski definition) is 3. The molecule has 22 heavy (non-hydrogen) atoms. The Labute approximate surface area is 135 Å². The first-order valence-corrected chi connectivity index (χ1v) is 7.36. The van der Waals surface area contributed by atoms with Gasteiger partial charge in [0.25, 0.3) is 0 Å². The number of nitrogens with one attached hydrogen (secondary N) is 2. The molecule has 0 aromatic heterocycles. The van der Waals surface area contributed by atoms with Crippen LogP contribution in [-0.2, 0) is 11.3 Å². The smallest absolute Gasteiger partial charge is 0.239 e. The van der Waals surface area contributed by atoms with Crippen LogP contribution in [0.5, 0.6) is 5.75 Å². The first-order chi connectivity index (χ1) is 10.6. The normalized spacial score (nSPS) is 10.1. The van der Waals surface area contributed by atoms with Crippen LogP contribution < -0.4 is 15.4 Å². The van der Waals surface area contributed by atoms with Gasteiger partial charge in [0.05, 0.1) is 19.3 Å². The lowest BCUT2D eigenvalue weighted by atomic mass is 10.2. The number of hydrogen-bond donors (Lipinski definition) is 2. The van der Waals surface area contributed by atoms with E-state index in [4.69, 9.17) is 16.3 Å². The van der Waals surface area contributed by atoms with E-state index in [9.17, 15) is 4.79 Å². The number of amides is 1. The summed E-state index contributed by atoms with van der Waals surface area (Å²) in [4.78, 5) is 11.9. The maximum absolute atomic E-state index is 11.9. The number of methoxy groups -OCH3 is 1. The van der Waals surface area contributed by atoms with Crippen LogP contribution in [0.4, 0.5) is 5.69 Å². The molecule has 5 heteroatoms. The molecule has 2 N–H and O–H groups in total. The molecule has 0 bridgehead atoms. The van der Waals surface area contributed by atoms with Crippen molar-refractivity contribution in [3.63, 3.8) is 0 Å². The Morgan fingerprint density at radius 3 is 2.59 bits per heavy atom. The summed E-state index contributed by atoms with van der Waals surface area (Å²) >= 11 is 5.82. The molecular formula is C17H19ClN2O2. The minimum absolute atomic E-state index is 0.0847. The lowest BCUT2D eigenvalue weighted by molar-refractivity contribution is -0.119. The third-order valence-electron chi connectivity index (χ3n) is 3.20. The Morgan fingerprint density at radius 1 is 1.18 bits per heavy atom. The minimum Gasteiger partial charge on any atom is -0.495 e. The molecule has 0 aliphatic heterocycles. The van der Waals surface area contributed by atoms with Gasteiger partial charge in [-0.05, 0) is 42.3 Å². The Bertz CT molecular complexity index is 642. The Kier molecular flexibility index (Phi) is 5.67. The molecular weight excluding hydrogens is 300 g/mol. The summed E-state index contributed by atoms with van der Waals surface area (Å²) in [6, 6.07) is 13.2. The van der Waals surface area contributed by atoms with E-state index in [2.05, 4.69) is 10.6 Å². The van der Waals surface area contributed by atoms with Crippen molar-refractivity contribution in [3.8, 4) is 5.75 Å². The molecule has 0 fully saturated rings. The largest absolute Gasteiger partial charge is 0.495 e. The highest BCUT2D eigenvalue weighted by molar-refractivity contribution is 6.30. The number of carbonyl (C=O) groups excluding carboxylic acids is 1. The Hall–Kier alpha value is -2.20. The van der Waals surface area contributed by atoms with E-state index in [-0.39, 0.29) is 12.5 Å². The SMILES string of the molecule is COc1ccc(C)cc1NCC(=O)NCc1ccc(Cl)cc1. The molecule has 2 aromatic rings. The maximum atomic E-state index is 11.9. The molecule has 1 amide bonds. The first-order valence-electron chi connectivity index (χ1n) is 6.98. The highest BCUT2D eigenvalue weighted by Gasteiger charge is 2.06. The monoisotopic (exact) mass is 318 g/mol. The van der Waals surface area contributed by atoms with Gasteiger partial charge in [-0.15, -0.1) is 0 Å². The van der Waals surface area contributed by atoms with Crippen LogP contribution in [0.2, 0.25) is 5.02 Å². The molecule has 4 nitrogen and oxygen atoms in total. The quantitative estimate of drug-likeness (QED) is 0.858. The van der Waals surface area contributed by atoms with E-state index in [1.165, 1.54) is 0 Å². The van der Waals surface area contributed by atoms with E-state index < -0.39 is 0 Å². The van der Waals surface area contributed by atoms with Crippen LogP contribution in [0.3, 0.4) is 0 Å². The minimum atomic E-state index is -0.0847. The standard InChI is InChI=1S/C17H19ClN2O2/c1-12-3-8-16(22-2)15(9-12)19-11-17(21)20-10-13-4-6-14(18)7-5-13/h3-9,19H,10-11H2,1-2H3,(H,20,21). The Morgan fingerprint density at radius 2 is 1.91 bits per heavy atom. The summed E-state index contributed by atoms with van der Waals surface area (Å²) in [6.45, 7) is 2.65. The molecule has 116 valence electrons. The third-order valence-corrected chi connectivity index (χ3v) is 3.45. The predicted octanol–water partition coefficient (Wildman–Crippen LogP) is 3.39. The van der Waals surface area contributed by atoms with Crippen LogP contribution in [-0.4, -0.2) is 19.6 Å². The molecule has 0 saturated heterocycles. The average molecular weight is 319 g/mol. The molecule has 0 saturated carbocycles.